The van der Waals surface area contributed by atoms with E-state index in [4.69, 9.17) is 14.1 Å². The topological polar surface area (TPSA) is 99.6 Å². The van der Waals surface area contributed by atoms with Crippen molar-refractivity contribution in [3.63, 3.8) is 0 Å². The summed E-state index contributed by atoms with van der Waals surface area (Å²) in [5.41, 5.74) is 2.93. The van der Waals surface area contributed by atoms with Gasteiger partial charge in [0, 0.05) is 23.5 Å². The van der Waals surface area contributed by atoms with E-state index in [2.05, 4.69) is 9.97 Å². The Kier molecular flexibility index (Phi) is 7.49. The molecule has 0 saturated heterocycles. The Balaban J connectivity index is 1.50. The molecule has 0 radical (unpaired) electrons. The fourth-order valence-corrected chi connectivity index (χ4v) is 6.29. The number of ether oxygens (including phenoxy) is 1. The van der Waals surface area contributed by atoms with Crippen LogP contribution in [0.25, 0.3) is 11.8 Å². The predicted octanol–water partition coefficient (Wildman–Crippen LogP) is 4.78. The van der Waals surface area contributed by atoms with Gasteiger partial charge in [-0.3, -0.25) is 9.36 Å². The molecule has 10 heteroatoms. The van der Waals surface area contributed by atoms with Gasteiger partial charge in [0.15, 0.2) is 15.1 Å². The summed E-state index contributed by atoms with van der Waals surface area (Å²) in [5, 5.41) is 1.18. The van der Waals surface area contributed by atoms with Crippen molar-refractivity contribution < 1.29 is 13.9 Å². The number of hydrogen-bond donors (Lipinski definition) is 0. The van der Waals surface area contributed by atoms with Gasteiger partial charge in [-0.25, -0.2) is 19.8 Å². The molecule has 0 fully saturated rings. The summed E-state index contributed by atoms with van der Waals surface area (Å²) in [6.45, 7) is 3.86. The van der Waals surface area contributed by atoms with Gasteiger partial charge >= 0.3 is 5.97 Å². The molecule has 0 saturated carbocycles. The summed E-state index contributed by atoms with van der Waals surface area (Å²) < 4.78 is 13.5. The minimum absolute atomic E-state index is 0.197. The molecule has 3 aromatic heterocycles. The third-order valence-electron chi connectivity index (χ3n) is 6.33. The fraction of sp³-hybridized carbons (Fsp3) is 0.129. The molecular formula is C31H24N4O4S2. The summed E-state index contributed by atoms with van der Waals surface area (Å²) in [6.07, 6.45) is 3.40. The molecule has 4 heterocycles. The molecule has 0 bridgehead atoms. The number of benzene rings is 2. The Morgan fingerprint density at radius 1 is 1.07 bits per heavy atom. The van der Waals surface area contributed by atoms with Crippen LogP contribution < -0.4 is 14.9 Å². The van der Waals surface area contributed by atoms with E-state index in [0.717, 1.165) is 16.8 Å². The fourth-order valence-electron chi connectivity index (χ4n) is 4.55. The van der Waals surface area contributed by atoms with Crippen molar-refractivity contribution in [2.45, 2.75) is 30.1 Å². The van der Waals surface area contributed by atoms with Crippen molar-refractivity contribution >= 4 is 40.8 Å². The lowest BCUT2D eigenvalue weighted by molar-refractivity contribution is -0.138. The van der Waals surface area contributed by atoms with Crippen LogP contribution in [0.4, 0.5) is 0 Å². The van der Waals surface area contributed by atoms with Crippen LogP contribution in [0.15, 0.2) is 115 Å². The highest BCUT2D eigenvalue weighted by Gasteiger charge is 2.35. The molecule has 1 aliphatic rings. The molecule has 0 spiro atoms. The molecule has 1 atom stereocenters. The number of carbonyl (C=O) groups excluding carboxylic acids is 1. The molecule has 0 unspecified atom stereocenters. The standard InChI is InChI=1S/C31H24N4O4S2/c1-3-38-29(37)25-26(20-10-6-4-7-11-20)34-31-35(27(25)21-12-8-5-9-13-21)28(36)23(40-31)18-22-14-15-24(39-22)41-30-32-17-16-19(2)33-30/h4-18,27H,3H2,1-2H3/b23-18+/t27-/m0/s1. The SMILES string of the molecule is CCOC(=O)C1=C(c2ccccc2)N=c2s/c(=C/c3ccc(Sc4nccc(C)n4)o3)c(=O)n2[C@H]1c1ccccc1. The zero-order valence-electron chi connectivity index (χ0n) is 22.2. The van der Waals surface area contributed by atoms with Crippen LogP contribution in [0.1, 0.15) is 35.5 Å². The third-order valence-corrected chi connectivity index (χ3v) is 8.11. The Morgan fingerprint density at radius 3 is 2.56 bits per heavy atom. The zero-order valence-corrected chi connectivity index (χ0v) is 23.8. The van der Waals surface area contributed by atoms with Crippen LogP contribution in [0.5, 0.6) is 0 Å². The first-order valence-corrected chi connectivity index (χ1v) is 14.6. The van der Waals surface area contributed by atoms with Gasteiger partial charge in [-0.2, -0.15) is 0 Å². The maximum atomic E-state index is 13.9. The Labute approximate surface area is 243 Å². The van der Waals surface area contributed by atoms with Crippen molar-refractivity contribution in [1.82, 2.24) is 14.5 Å². The van der Waals surface area contributed by atoms with Crippen molar-refractivity contribution in [3.05, 3.63) is 133 Å². The molecule has 5 aromatic rings. The zero-order chi connectivity index (χ0) is 28.3. The quantitative estimate of drug-likeness (QED) is 0.202. The normalized spacial score (nSPS) is 15.0. The molecule has 6 rings (SSSR count). The molecule has 2 aromatic carbocycles. The highest BCUT2D eigenvalue weighted by molar-refractivity contribution is 7.99. The summed E-state index contributed by atoms with van der Waals surface area (Å²) in [7, 11) is 0. The van der Waals surface area contributed by atoms with Crippen LogP contribution in [-0.2, 0) is 9.53 Å². The second kappa shape index (κ2) is 11.5. The van der Waals surface area contributed by atoms with E-state index in [9.17, 15) is 9.59 Å². The Hall–Kier alpha value is -4.54. The van der Waals surface area contributed by atoms with E-state index in [1.165, 1.54) is 23.1 Å². The number of aromatic nitrogens is 3. The van der Waals surface area contributed by atoms with Gasteiger partial charge in [0.1, 0.15) is 5.76 Å². The van der Waals surface area contributed by atoms with Crippen LogP contribution in [0, 0.1) is 6.92 Å². The number of thiazole rings is 1. The molecule has 204 valence electrons. The first-order chi connectivity index (χ1) is 20.0. The minimum Gasteiger partial charge on any atom is -0.463 e. The lowest BCUT2D eigenvalue weighted by atomic mass is 9.93. The van der Waals surface area contributed by atoms with E-state index in [1.807, 2.05) is 79.7 Å². The Bertz CT molecular complexity index is 1940. The molecule has 8 nitrogen and oxygen atoms in total. The highest BCUT2D eigenvalue weighted by Crippen LogP contribution is 2.35. The van der Waals surface area contributed by atoms with E-state index < -0.39 is 12.0 Å². The third kappa shape index (κ3) is 5.44. The number of fused-ring (bicyclic) bond motifs is 1. The molecule has 0 aliphatic carbocycles. The maximum Gasteiger partial charge on any atom is 0.338 e. The molecular weight excluding hydrogens is 556 g/mol. The van der Waals surface area contributed by atoms with Crippen LogP contribution in [0.2, 0.25) is 0 Å². The van der Waals surface area contributed by atoms with E-state index in [1.54, 1.807) is 29.8 Å². The second-order valence-corrected chi connectivity index (χ2v) is 11.1. The average molecular weight is 581 g/mol. The van der Waals surface area contributed by atoms with Crippen molar-refractivity contribution in [1.29, 1.82) is 0 Å². The number of furan rings is 1. The largest absolute Gasteiger partial charge is 0.463 e. The lowest BCUT2D eigenvalue weighted by Crippen LogP contribution is -2.39. The predicted molar refractivity (Wildman–Crippen MR) is 157 cm³/mol. The number of esters is 1. The first-order valence-electron chi connectivity index (χ1n) is 12.9. The smallest absolute Gasteiger partial charge is 0.338 e. The van der Waals surface area contributed by atoms with Gasteiger partial charge in [0.25, 0.3) is 5.56 Å². The average Bonchev–Trinajstić information content (AvgIpc) is 3.56. The summed E-state index contributed by atoms with van der Waals surface area (Å²) in [5.74, 6) is -0.00104. The van der Waals surface area contributed by atoms with E-state index in [-0.39, 0.29) is 12.2 Å². The molecule has 0 N–H and O–H groups in total. The summed E-state index contributed by atoms with van der Waals surface area (Å²) in [4.78, 5) is 41.4. The van der Waals surface area contributed by atoms with E-state index in [0.29, 0.717) is 36.6 Å². The minimum atomic E-state index is -0.718. The van der Waals surface area contributed by atoms with Crippen molar-refractivity contribution in [2.24, 2.45) is 4.99 Å². The first kappa shape index (κ1) is 26.7. The molecule has 41 heavy (non-hydrogen) atoms. The lowest BCUT2D eigenvalue weighted by Gasteiger charge is -2.25. The van der Waals surface area contributed by atoms with Crippen LogP contribution >= 0.6 is 23.1 Å². The van der Waals surface area contributed by atoms with Gasteiger partial charge in [-0.05, 0) is 49.4 Å². The number of hydrogen-bond acceptors (Lipinski definition) is 9. The molecule has 0 amide bonds. The number of nitrogens with zero attached hydrogens (tertiary/aromatic N) is 4. The van der Waals surface area contributed by atoms with Gasteiger partial charge in [0.05, 0.1) is 28.5 Å². The number of carbonyl (C=O) groups is 1. The van der Waals surface area contributed by atoms with Gasteiger partial charge < -0.3 is 9.15 Å². The van der Waals surface area contributed by atoms with Gasteiger partial charge in [-0.15, -0.1) is 0 Å². The van der Waals surface area contributed by atoms with Crippen LogP contribution in [-0.4, -0.2) is 27.1 Å². The number of aryl methyl sites for hydroxylation is 1. The summed E-state index contributed by atoms with van der Waals surface area (Å²) >= 11 is 2.55. The monoisotopic (exact) mass is 580 g/mol. The highest BCUT2D eigenvalue weighted by atomic mass is 32.2. The Morgan fingerprint density at radius 2 is 1.83 bits per heavy atom. The van der Waals surface area contributed by atoms with Gasteiger partial charge in [-0.1, -0.05) is 72.0 Å². The number of rotatable bonds is 7. The van der Waals surface area contributed by atoms with E-state index >= 15 is 0 Å². The van der Waals surface area contributed by atoms with Crippen LogP contribution in [0.3, 0.4) is 0 Å². The molecule has 1 aliphatic heterocycles. The van der Waals surface area contributed by atoms with Crippen molar-refractivity contribution in [2.75, 3.05) is 6.61 Å². The van der Waals surface area contributed by atoms with Crippen molar-refractivity contribution in [3.8, 4) is 0 Å². The van der Waals surface area contributed by atoms with Gasteiger partial charge in [0.2, 0.25) is 0 Å². The second-order valence-electron chi connectivity index (χ2n) is 9.08. The maximum absolute atomic E-state index is 13.9. The summed E-state index contributed by atoms with van der Waals surface area (Å²) in [6, 6.07) is 23.7.